The molecule has 1 aliphatic rings. The van der Waals surface area contributed by atoms with E-state index in [-0.39, 0.29) is 0 Å². The molecule has 0 bridgehead atoms. The molecular weight excluding hydrogens is 240 g/mol. The van der Waals surface area contributed by atoms with Crippen LogP contribution in [0.25, 0.3) is 0 Å². The first-order valence-electron chi connectivity index (χ1n) is 7.24. The Labute approximate surface area is 115 Å². The summed E-state index contributed by atoms with van der Waals surface area (Å²) in [5.74, 6) is 0.948. The first-order chi connectivity index (χ1) is 9.38. The third kappa shape index (κ3) is 5.19. The fraction of sp³-hybridized carbons (Fsp3) is 0.600. The van der Waals surface area contributed by atoms with Crippen LogP contribution < -0.4 is 15.0 Å². The molecule has 0 aromatic heterocycles. The molecule has 4 nitrogen and oxygen atoms in total. The van der Waals surface area contributed by atoms with Gasteiger partial charge in [0.15, 0.2) is 0 Å². The Hall–Kier alpha value is -1.10. The predicted octanol–water partition coefficient (Wildman–Crippen LogP) is -0.936. The van der Waals surface area contributed by atoms with Crippen molar-refractivity contribution >= 4 is 0 Å². The normalized spacial score (nSPS) is 16.5. The first kappa shape index (κ1) is 14.3. The van der Waals surface area contributed by atoms with E-state index in [1.54, 1.807) is 12.0 Å². The summed E-state index contributed by atoms with van der Waals surface area (Å²) < 4.78 is 10.6. The molecule has 0 amide bonds. The Morgan fingerprint density at radius 1 is 1.32 bits per heavy atom. The van der Waals surface area contributed by atoms with Gasteiger partial charge in [0.25, 0.3) is 0 Å². The van der Waals surface area contributed by atoms with Gasteiger partial charge in [-0.15, -0.1) is 0 Å². The minimum Gasteiger partial charge on any atom is -0.497 e. The minimum absolute atomic E-state index is 0.933. The van der Waals surface area contributed by atoms with Crippen LogP contribution in [0.15, 0.2) is 24.3 Å². The Bertz CT molecular complexity index is 365. The smallest absolute Gasteiger partial charge is 0.119 e. The third-order valence-corrected chi connectivity index (χ3v) is 3.65. The van der Waals surface area contributed by atoms with E-state index in [4.69, 9.17) is 9.47 Å². The molecule has 1 fully saturated rings. The first-order valence-corrected chi connectivity index (χ1v) is 7.24. The third-order valence-electron chi connectivity index (χ3n) is 3.65. The van der Waals surface area contributed by atoms with E-state index >= 15 is 0 Å². The van der Waals surface area contributed by atoms with Gasteiger partial charge in [-0.05, 0) is 12.1 Å². The fourth-order valence-corrected chi connectivity index (χ4v) is 2.47. The number of rotatable bonds is 7. The zero-order valence-electron chi connectivity index (χ0n) is 11.9. The van der Waals surface area contributed by atoms with E-state index in [1.807, 2.05) is 6.07 Å². The van der Waals surface area contributed by atoms with Crippen LogP contribution in [0.5, 0.6) is 5.75 Å². The van der Waals surface area contributed by atoms with E-state index in [0.29, 0.717) is 0 Å². The molecule has 0 atom stereocenters. The van der Waals surface area contributed by atoms with Gasteiger partial charge in [0.1, 0.15) is 25.4 Å². The number of ether oxygens (including phenoxy) is 2. The van der Waals surface area contributed by atoms with Gasteiger partial charge in [-0.1, -0.05) is 12.1 Å². The maximum atomic E-state index is 5.37. The lowest BCUT2D eigenvalue weighted by atomic mass is 10.2. The lowest BCUT2D eigenvalue weighted by Gasteiger charge is -2.23. The number of nitrogens with one attached hydrogen (secondary N) is 1. The summed E-state index contributed by atoms with van der Waals surface area (Å²) in [6, 6.07) is 8.32. The van der Waals surface area contributed by atoms with Gasteiger partial charge in [-0.25, -0.2) is 0 Å². The molecule has 0 spiro atoms. The van der Waals surface area contributed by atoms with Crippen molar-refractivity contribution in [1.82, 2.24) is 0 Å². The van der Waals surface area contributed by atoms with Crippen LogP contribution >= 0.6 is 0 Å². The molecule has 0 radical (unpaired) electrons. The number of hydrogen-bond donors (Lipinski definition) is 2. The standard InChI is InChI=1S/C15H24N2O2/c1-18-15-5-2-4-14(12-15)13-16-6-3-7-17-8-10-19-11-9-17/h2,4-5,12,16H,3,6-11,13H2,1H3/p+2. The monoisotopic (exact) mass is 266 g/mol. The summed E-state index contributed by atoms with van der Waals surface area (Å²) in [4.78, 5) is 1.70. The number of nitrogens with two attached hydrogens (primary N) is 1. The summed E-state index contributed by atoms with van der Waals surface area (Å²) in [5.41, 5.74) is 1.33. The number of benzene rings is 1. The molecule has 0 aliphatic carbocycles. The second-order valence-electron chi connectivity index (χ2n) is 5.10. The predicted molar refractivity (Wildman–Crippen MR) is 74.5 cm³/mol. The van der Waals surface area contributed by atoms with Gasteiger partial charge < -0.3 is 19.7 Å². The van der Waals surface area contributed by atoms with Crippen molar-refractivity contribution < 1.29 is 19.7 Å². The quantitative estimate of drug-likeness (QED) is 0.626. The summed E-state index contributed by atoms with van der Waals surface area (Å²) in [7, 11) is 1.72. The molecule has 1 heterocycles. The van der Waals surface area contributed by atoms with E-state index in [0.717, 1.165) is 25.5 Å². The van der Waals surface area contributed by atoms with Crippen molar-refractivity contribution in [3.05, 3.63) is 29.8 Å². The Kier molecular flexibility index (Phi) is 6.14. The second kappa shape index (κ2) is 8.15. The molecule has 3 N–H and O–H groups in total. The minimum atomic E-state index is 0.933. The van der Waals surface area contributed by atoms with Crippen molar-refractivity contribution in [3.63, 3.8) is 0 Å². The Morgan fingerprint density at radius 3 is 2.95 bits per heavy atom. The van der Waals surface area contributed by atoms with Gasteiger partial charge >= 0.3 is 0 Å². The summed E-state index contributed by atoms with van der Waals surface area (Å²) in [6.45, 7) is 7.73. The van der Waals surface area contributed by atoms with Crippen molar-refractivity contribution in [1.29, 1.82) is 0 Å². The number of hydrogen-bond acceptors (Lipinski definition) is 2. The van der Waals surface area contributed by atoms with E-state index in [2.05, 4.69) is 23.5 Å². The highest BCUT2D eigenvalue weighted by molar-refractivity contribution is 5.27. The molecule has 0 unspecified atom stereocenters. The van der Waals surface area contributed by atoms with Crippen LogP contribution in [0.3, 0.4) is 0 Å². The van der Waals surface area contributed by atoms with Gasteiger partial charge in [-0.3, -0.25) is 0 Å². The average molecular weight is 266 g/mol. The van der Waals surface area contributed by atoms with E-state index in [9.17, 15) is 0 Å². The molecule has 106 valence electrons. The zero-order valence-corrected chi connectivity index (χ0v) is 11.9. The number of quaternary nitrogens is 2. The van der Waals surface area contributed by atoms with Gasteiger partial charge in [0.05, 0.1) is 33.4 Å². The van der Waals surface area contributed by atoms with Crippen molar-refractivity contribution in [3.8, 4) is 5.75 Å². The molecule has 1 saturated heterocycles. The molecule has 1 aromatic carbocycles. The van der Waals surface area contributed by atoms with Crippen LogP contribution in [0.1, 0.15) is 12.0 Å². The van der Waals surface area contributed by atoms with E-state index in [1.165, 1.54) is 38.2 Å². The molecule has 4 heteroatoms. The molecule has 19 heavy (non-hydrogen) atoms. The molecule has 0 saturated carbocycles. The van der Waals surface area contributed by atoms with E-state index < -0.39 is 0 Å². The van der Waals surface area contributed by atoms with Gasteiger partial charge in [-0.2, -0.15) is 0 Å². The SMILES string of the molecule is COc1cccc(C[NH2+]CCC[NH+]2CCOCC2)c1. The lowest BCUT2D eigenvalue weighted by molar-refractivity contribution is -0.909. The second-order valence-corrected chi connectivity index (χ2v) is 5.10. The molecule has 1 aromatic rings. The van der Waals surface area contributed by atoms with Gasteiger partial charge in [0, 0.05) is 12.0 Å². The molecular formula is C15H26N2O2+2. The Morgan fingerprint density at radius 2 is 2.16 bits per heavy atom. The zero-order chi connectivity index (χ0) is 13.3. The van der Waals surface area contributed by atoms with Crippen LogP contribution in [0.2, 0.25) is 0 Å². The largest absolute Gasteiger partial charge is 0.497 e. The number of methoxy groups -OCH3 is 1. The lowest BCUT2D eigenvalue weighted by Crippen LogP contribution is -3.14. The summed E-state index contributed by atoms with van der Waals surface area (Å²) in [5, 5.41) is 2.38. The average Bonchev–Trinajstić information content (AvgIpc) is 2.48. The fourth-order valence-electron chi connectivity index (χ4n) is 2.47. The number of morpholine rings is 1. The van der Waals surface area contributed by atoms with Crippen LogP contribution in [0, 0.1) is 0 Å². The van der Waals surface area contributed by atoms with Crippen molar-refractivity contribution in [2.24, 2.45) is 0 Å². The van der Waals surface area contributed by atoms with Crippen molar-refractivity contribution in [2.45, 2.75) is 13.0 Å². The highest BCUT2D eigenvalue weighted by Crippen LogP contribution is 2.11. The van der Waals surface area contributed by atoms with Crippen LogP contribution in [0.4, 0.5) is 0 Å². The van der Waals surface area contributed by atoms with Crippen molar-refractivity contribution in [2.75, 3.05) is 46.5 Å². The van der Waals surface area contributed by atoms with Gasteiger partial charge in [0.2, 0.25) is 0 Å². The summed E-state index contributed by atoms with van der Waals surface area (Å²) in [6.07, 6.45) is 1.28. The van der Waals surface area contributed by atoms with Crippen LogP contribution in [-0.4, -0.2) is 46.5 Å². The molecule has 2 rings (SSSR count). The van der Waals surface area contributed by atoms with Crippen LogP contribution in [-0.2, 0) is 11.3 Å². The molecule has 1 aliphatic heterocycles. The highest BCUT2D eigenvalue weighted by Gasteiger charge is 2.12. The topological polar surface area (TPSA) is 39.5 Å². The highest BCUT2D eigenvalue weighted by atomic mass is 16.5. The summed E-state index contributed by atoms with van der Waals surface area (Å²) >= 11 is 0. The maximum absolute atomic E-state index is 5.37. The Balaban J connectivity index is 1.58. The maximum Gasteiger partial charge on any atom is 0.119 e.